The maximum Gasteiger partial charge on any atom is 0.256 e. The molecule has 0 bridgehead atoms. The molecular formula is C22H23N3O3S. The van der Waals surface area contributed by atoms with E-state index >= 15 is 0 Å². The molecule has 3 aromatic rings. The molecule has 0 radical (unpaired) electrons. The SMILES string of the molecule is CC(C)NS(=O)(=O)c1ccc(NC(=O)c2cc(C3CC3)nc3ccccc23)cc1. The van der Waals surface area contributed by atoms with Crippen molar-refractivity contribution in [3.05, 3.63) is 65.9 Å². The first-order valence-electron chi connectivity index (χ1n) is 9.67. The van der Waals surface area contributed by atoms with E-state index in [9.17, 15) is 13.2 Å². The molecule has 7 heteroatoms. The van der Waals surface area contributed by atoms with E-state index in [-0.39, 0.29) is 16.8 Å². The molecule has 1 aliphatic rings. The molecule has 2 N–H and O–H groups in total. The van der Waals surface area contributed by atoms with Gasteiger partial charge in [-0.15, -0.1) is 0 Å². The van der Waals surface area contributed by atoms with Crippen LogP contribution in [-0.2, 0) is 10.0 Å². The molecule has 6 nitrogen and oxygen atoms in total. The summed E-state index contributed by atoms with van der Waals surface area (Å²) in [5, 5.41) is 3.68. The zero-order valence-corrected chi connectivity index (χ0v) is 17.2. The van der Waals surface area contributed by atoms with Gasteiger partial charge in [-0.25, -0.2) is 13.1 Å². The van der Waals surface area contributed by atoms with Crippen LogP contribution in [0.3, 0.4) is 0 Å². The average molecular weight is 410 g/mol. The molecule has 0 atom stereocenters. The monoisotopic (exact) mass is 409 g/mol. The van der Waals surface area contributed by atoms with Crippen molar-refractivity contribution in [3.8, 4) is 0 Å². The van der Waals surface area contributed by atoms with Crippen molar-refractivity contribution in [2.45, 2.75) is 43.5 Å². The van der Waals surface area contributed by atoms with Crippen molar-refractivity contribution in [1.82, 2.24) is 9.71 Å². The topological polar surface area (TPSA) is 88.2 Å². The number of hydrogen-bond donors (Lipinski definition) is 2. The number of carbonyl (C=O) groups excluding carboxylic acids is 1. The van der Waals surface area contributed by atoms with Gasteiger partial charge >= 0.3 is 0 Å². The van der Waals surface area contributed by atoms with Crippen LogP contribution in [0.5, 0.6) is 0 Å². The van der Waals surface area contributed by atoms with Crippen molar-refractivity contribution < 1.29 is 13.2 Å². The lowest BCUT2D eigenvalue weighted by molar-refractivity contribution is 0.102. The van der Waals surface area contributed by atoms with Gasteiger partial charge in [-0.2, -0.15) is 0 Å². The molecular weight excluding hydrogens is 386 g/mol. The fourth-order valence-corrected chi connectivity index (χ4v) is 4.52. The zero-order valence-electron chi connectivity index (χ0n) is 16.3. The molecule has 2 aromatic carbocycles. The summed E-state index contributed by atoms with van der Waals surface area (Å²) in [6.07, 6.45) is 2.21. The number of anilines is 1. The van der Waals surface area contributed by atoms with Crippen LogP contribution >= 0.6 is 0 Å². The van der Waals surface area contributed by atoms with Crippen molar-refractivity contribution >= 4 is 32.5 Å². The molecule has 150 valence electrons. The first-order valence-corrected chi connectivity index (χ1v) is 11.2. The molecule has 1 fully saturated rings. The number of carbonyl (C=O) groups is 1. The number of nitrogens with zero attached hydrogens (tertiary/aromatic N) is 1. The van der Waals surface area contributed by atoms with Crippen molar-refractivity contribution in [3.63, 3.8) is 0 Å². The number of aromatic nitrogens is 1. The van der Waals surface area contributed by atoms with E-state index in [1.54, 1.807) is 26.0 Å². The van der Waals surface area contributed by atoms with Crippen LogP contribution in [0.2, 0.25) is 0 Å². The number of hydrogen-bond acceptors (Lipinski definition) is 4. The normalized spacial score (nSPS) is 14.3. The number of para-hydroxylation sites is 1. The Bertz CT molecular complexity index is 1170. The molecule has 0 aliphatic heterocycles. The van der Waals surface area contributed by atoms with Gasteiger partial charge < -0.3 is 5.32 Å². The second-order valence-corrected chi connectivity index (χ2v) is 9.35. The predicted molar refractivity (Wildman–Crippen MR) is 114 cm³/mol. The Hall–Kier alpha value is -2.77. The van der Waals surface area contributed by atoms with E-state index in [4.69, 9.17) is 4.98 Å². The Kier molecular flexibility index (Phi) is 5.10. The van der Waals surface area contributed by atoms with E-state index < -0.39 is 10.0 Å². The number of benzene rings is 2. The highest BCUT2D eigenvalue weighted by Gasteiger charge is 2.27. The largest absolute Gasteiger partial charge is 0.322 e. The van der Waals surface area contributed by atoms with Crippen LogP contribution < -0.4 is 10.0 Å². The second-order valence-electron chi connectivity index (χ2n) is 7.64. The van der Waals surface area contributed by atoms with Crippen LogP contribution in [0.4, 0.5) is 5.69 Å². The number of rotatable bonds is 6. The minimum Gasteiger partial charge on any atom is -0.322 e. The van der Waals surface area contributed by atoms with Gasteiger partial charge in [0.25, 0.3) is 5.91 Å². The minimum atomic E-state index is -3.56. The fourth-order valence-electron chi connectivity index (χ4n) is 3.27. The van der Waals surface area contributed by atoms with Crippen molar-refractivity contribution in [1.29, 1.82) is 0 Å². The maximum absolute atomic E-state index is 13.0. The summed E-state index contributed by atoms with van der Waals surface area (Å²) < 4.78 is 27.0. The molecule has 1 aliphatic carbocycles. The first-order chi connectivity index (χ1) is 13.8. The first kappa shape index (κ1) is 19.5. The molecule has 1 aromatic heterocycles. The second kappa shape index (κ2) is 7.57. The number of pyridine rings is 1. The number of sulfonamides is 1. The molecule has 1 amide bonds. The highest BCUT2D eigenvalue weighted by Crippen LogP contribution is 2.40. The third-order valence-corrected chi connectivity index (χ3v) is 6.46. The van der Waals surface area contributed by atoms with E-state index in [1.807, 2.05) is 30.3 Å². The van der Waals surface area contributed by atoms with E-state index in [2.05, 4.69) is 10.0 Å². The highest BCUT2D eigenvalue weighted by molar-refractivity contribution is 7.89. The summed E-state index contributed by atoms with van der Waals surface area (Å²) in [6.45, 7) is 3.53. The fraction of sp³-hybridized carbons (Fsp3) is 0.273. The van der Waals surface area contributed by atoms with Gasteiger partial charge in [0, 0.05) is 28.7 Å². The third-order valence-electron chi connectivity index (χ3n) is 4.79. The lowest BCUT2D eigenvalue weighted by Gasteiger charge is -2.12. The van der Waals surface area contributed by atoms with Gasteiger partial charge in [-0.1, -0.05) is 18.2 Å². The average Bonchev–Trinajstić information content (AvgIpc) is 3.52. The van der Waals surface area contributed by atoms with Gasteiger partial charge in [-0.05, 0) is 63.1 Å². The van der Waals surface area contributed by atoms with Gasteiger partial charge in [0.1, 0.15) is 0 Å². The van der Waals surface area contributed by atoms with E-state index in [0.717, 1.165) is 29.4 Å². The predicted octanol–water partition coefficient (Wildman–Crippen LogP) is 4.05. The standard InChI is InChI=1S/C22H23N3O3S/c1-14(2)25-29(27,28)17-11-9-16(10-12-17)23-22(26)19-13-21(15-7-8-15)24-20-6-4-3-5-18(19)20/h3-6,9-15,25H,7-8H2,1-2H3,(H,23,26). The number of nitrogens with one attached hydrogen (secondary N) is 2. The van der Waals surface area contributed by atoms with E-state index in [1.165, 1.54) is 12.1 Å². The minimum absolute atomic E-state index is 0.162. The van der Waals surface area contributed by atoms with Crippen molar-refractivity contribution in [2.75, 3.05) is 5.32 Å². The highest BCUT2D eigenvalue weighted by atomic mass is 32.2. The molecule has 0 saturated heterocycles. The van der Waals surface area contributed by atoms with Crippen LogP contribution in [0.15, 0.2) is 59.5 Å². The Morgan fingerprint density at radius 1 is 1.07 bits per heavy atom. The Balaban J connectivity index is 1.60. The summed E-state index contributed by atoms with van der Waals surface area (Å²) in [6, 6.07) is 15.5. The summed E-state index contributed by atoms with van der Waals surface area (Å²) in [4.78, 5) is 17.8. The van der Waals surface area contributed by atoms with Crippen LogP contribution in [0.25, 0.3) is 10.9 Å². The Labute approximate surface area is 170 Å². The van der Waals surface area contributed by atoms with Gasteiger partial charge in [-0.3, -0.25) is 9.78 Å². The molecule has 1 saturated carbocycles. The Morgan fingerprint density at radius 3 is 2.41 bits per heavy atom. The van der Waals surface area contributed by atoms with Crippen LogP contribution in [0.1, 0.15) is 48.7 Å². The number of fused-ring (bicyclic) bond motifs is 1. The molecule has 1 heterocycles. The summed E-state index contributed by atoms with van der Waals surface area (Å²) in [5.74, 6) is 0.200. The molecule has 0 unspecified atom stereocenters. The smallest absolute Gasteiger partial charge is 0.256 e. The summed E-state index contributed by atoms with van der Waals surface area (Å²) in [7, 11) is -3.56. The summed E-state index contributed by atoms with van der Waals surface area (Å²) >= 11 is 0. The van der Waals surface area contributed by atoms with Gasteiger partial charge in [0.15, 0.2) is 0 Å². The lowest BCUT2D eigenvalue weighted by atomic mass is 10.1. The quantitative estimate of drug-likeness (QED) is 0.643. The summed E-state index contributed by atoms with van der Waals surface area (Å²) in [5.41, 5.74) is 2.88. The van der Waals surface area contributed by atoms with Crippen LogP contribution in [0, 0.1) is 0 Å². The zero-order chi connectivity index (χ0) is 20.6. The van der Waals surface area contributed by atoms with E-state index in [0.29, 0.717) is 17.2 Å². The molecule has 0 spiro atoms. The van der Waals surface area contributed by atoms with Gasteiger partial charge in [0.05, 0.1) is 16.0 Å². The molecule has 29 heavy (non-hydrogen) atoms. The third kappa shape index (κ3) is 4.31. The maximum atomic E-state index is 13.0. The van der Waals surface area contributed by atoms with Gasteiger partial charge in [0.2, 0.25) is 10.0 Å². The van der Waals surface area contributed by atoms with Crippen LogP contribution in [-0.4, -0.2) is 25.4 Å². The Morgan fingerprint density at radius 2 is 1.76 bits per heavy atom. The lowest BCUT2D eigenvalue weighted by Crippen LogP contribution is -2.30. The number of amides is 1. The van der Waals surface area contributed by atoms with Crippen molar-refractivity contribution in [2.24, 2.45) is 0 Å². The molecule has 4 rings (SSSR count).